The zero-order valence-corrected chi connectivity index (χ0v) is 13.2. The van der Waals surface area contributed by atoms with Crippen LogP contribution in [-0.4, -0.2) is 17.4 Å². The molecule has 126 valence electrons. The molecule has 2 atom stereocenters. The van der Waals surface area contributed by atoms with E-state index in [0.29, 0.717) is 23.9 Å². The van der Waals surface area contributed by atoms with E-state index in [0.717, 1.165) is 19.3 Å². The van der Waals surface area contributed by atoms with Gasteiger partial charge in [-0.25, -0.2) is 9.37 Å². The van der Waals surface area contributed by atoms with Crippen molar-refractivity contribution < 1.29 is 13.9 Å². The third-order valence-electron chi connectivity index (χ3n) is 4.34. The first-order valence-corrected chi connectivity index (χ1v) is 8.06. The number of nitrogens with one attached hydrogen (secondary N) is 1. The number of nitrogens with two attached hydrogens (primary N) is 1. The summed E-state index contributed by atoms with van der Waals surface area (Å²) in [6.07, 6.45) is 4.48. The Morgan fingerprint density at radius 1 is 1.25 bits per heavy atom. The van der Waals surface area contributed by atoms with Crippen molar-refractivity contribution in [1.82, 2.24) is 4.98 Å². The lowest BCUT2D eigenvalue weighted by Gasteiger charge is -2.17. The molecule has 2 aromatic rings. The topological polar surface area (TPSA) is 77.2 Å². The molecule has 1 heterocycles. The second-order valence-corrected chi connectivity index (χ2v) is 5.96. The lowest BCUT2D eigenvalue weighted by molar-refractivity contribution is -0.120. The van der Waals surface area contributed by atoms with Crippen LogP contribution in [0.3, 0.4) is 0 Å². The molecule has 1 fully saturated rings. The van der Waals surface area contributed by atoms with E-state index in [9.17, 15) is 9.18 Å². The zero-order valence-electron chi connectivity index (χ0n) is 13.2. The Bertz CT molecular complexity index is 688. The maximum atomic E-state index is 12.9. The fourth-order valence-corrected chi connectivity index (χ4v) is 3.04. The van der Waals surface area contributed by atoms with Gasteiger partial charge in [-0.15, -0.1) is 0 Å². The molecule has 5 nitrogen and oxygen atoms in total. The highest BCUT2D eigenvalue weighted by Gasteiger charge is 2.31. The fraction of sp³-hybridized carbons (Fsp3) is 0.333. The Morgan fingerprint density at radius 2 is 2.04 bits per heavy atom. The van der Waals surface area contributed by atoms with Crippen LogP contribution in [0.25, 0.3) is 0 Å². The lowest BCUT2D eigenvalue weighted by Crippen LogP contribution is -2.29. The highest BCUT2D eigenvalue weighted by molar-refractivity contribution is 5.92. The van der Waals surface area contributed by atoms with E-state index in [1.165, 1.54) is 24.3 Å². The minimum absolute atomic E-state index is 0.00282. The van der Waals surface area contributed by atoms with E-state index in [4.69, 9.17) is 10.5 Å². The van der Waals surface area contributed by atoms with Crippen molar-refractivity contribution in [1.29, 1.82) is 0 Å². The molecule has 1 aliphatic rings. The first-order valence-electron chi connectivity index (χ1n) is 8.06. The number of amides is 1. The largest absolute Gasteiger partial charge is 0.439 e. The van der Waals surface area contributed by atoms with Gasteiger partial charge in [0.05, 0.1) is 11.9 Å². The summed E-state index contributed by atoms with van der Waals surface area (Å²) in [4.78, 5) is 16.5. The zero-order chi connectivity index (χ0) is 16.9. The maximum Gasteiger partial charge on any atom is 0.227 e. The molecule has 0 spiro atoms. The lowest BCUT2D eigenvalue weighted by atomic mass is 9.95. The van der Waals surface area contributed by atoms with Crippen LogP contribution in [0.1, 0.15) is 19.3 Å². The predicted octanol–water partition coefficient (Wildman–Crippen LogP) is 3.33. The molecule has 6 heteroatoms. The summed E-state index contributed by atoms with van der Waals surface area (Å²) in [6, 6.07) is 9.09. The highest BCUT2D eigenvalue weighted by Crippen LogP contribution is 2.32. The summed E-state index contributed by atoms with van der Waals surface area (Å²) < 4.78 is 18.4. The number of benzene rings is 1. The Kier molecular flexibility index (Phi) is 5.05. The standard InChI is InChI=1S/C18H20FN3O2/c19-13-4-7-15(8-5-13)24-17-9-6-14(11-21-17)22-18(23)16-3-1-2-12(16)10-20/h4-9,11-12,16H,1-3,10,20H2,(H,22,23)/t12-,16-/m1/s1. The minimum Gasteiger partial charge on any atom is -0.439 e. The van der Waals surface area contributed by atoms with Crippen LogP contribution >= 0.6 is 0 Å². The molecular formula is C18H20FN3O2. The summed E-state index contributed by atoms with van der Waals surface area (Å²) in [5.41, 5.74) is 6.35. The van der Waals surface area contributed by atoms with E-state index >= 15 is 0 Å². The molecule has 1 aromatic carbocycles. The van der Waals surface area contributed by atoms with E-state index in [-0.39, 0.29) is 23.6 Å². The third kappa shape index (κ3) is 3.89. The number of anilines is 1. The molecule has 1 saturated carbocycles. The number of carbonyl (C=O) groups excluding carboxylic acids is 1. The van der Waals surface area contributed by atoms with Gasteiger partial charge in [0.1, 0.15) is 11.6 Å². The number of nitrogens with zero attached hydrogens (tertiary/aromatic N) is 1. The van der Waals surface area contributed by atoms with E-state index < -0.39 is 0 Å². The molecule has 0 radical (unpaired) electrons. The van der Waals surface area contributed by atoms with E-state index in [2.05, 4.69) is 10.3 Å². The van der Waals surface area contributed by atoms with Crippen molar-refractivity contribution in [2.45, 2.75) is 19.3 Å². The minimum atomic E-state index is -0.323. The molecule has 0 aliphatic heterocycles. The van der Waals surface area contributed by atoms with Gasteiger partial charge in [0.15, 0.2) is 0 Å². The van der Waals surface area contributed by atoms with Gasteiger partial charge < -0.3 is 15.8 Å². The summed E-state index contributed by atoms with van der Waals surface area (Å²) in [5, 5.41) is 2.88. The molecule has 24 heavy (non-hydrogen) atoms. The van der Waals surface area contributed by atoms with Gasteiger partial charge in [0.25, 0.3) is 0 Å². The van der Waals surface area contributed by atoms with Crippen LogP contribution in [0.15, 0.2) is 42.6 Å². The number of hydrogen-bond acceptors (Lipinski definition) is 4. The van der Waals surface area contributed by atoms with Gasteiger partial charge in [-0.2, -0.15) is 0 Å². The second-order valence-electron chi connectivity index (χ2n) is 5.96. The highest BCUT2D eigenvalue weighted by atomic mass is 19.1. The van der Waals surface area contributed by atoms with Crippen LogP contribution in [-0.2, 0) is 4.79 Å². The molecule has 3 N–H and O–H groups in total. The van der Waals surface area contributed by atoms with Crippen LogP contribution in [0.4, 0.5) is 10.1 Å². The van der Waals surface area contributed by atoms with Gasteiger partial charge in [0.2, 0.25) is 11.8 Å². The van der Waals surface area contributed by atoms with Crippen molar-refractivity contribution >= 4 is 11.6 Å². The van der Waals surface area contributed by atoms with Crippen LogP contribution < -0.4 is 15.8 Å². The van der Waals surface area contributed by atoms with Crippen molar-refractivity contribution in [3.63, 3.8) is 0 Å². The number of aromatic nitrogens is 1. The molecule has 1 aromatic heterocycles. The average Bonchev–Trinajstić information content (AvgIpc) is 3.07. The number of carbonyl (C=O) groups is 1. The number of rotatable bonds is 5. The normalized spacial score (nSPS) is 19.9. The van der Waals surface area contributed by atoms with Gasteiger partial charge in [-0.05, 0) is 55.6 Å². The molecule has 0 saturated heterocycles. The fourth-order valence-electron chi connectivity index (χ4n) is 3.04. The third-order valence-corrected chi connectivity index (χ3v) is 4.34. The predicted molar refractivity (Wildman–Crippen MR) is 89.2 cm³/mol. The smallest absolute Gasteiger partial charge is 0.227 e. The number of ether oxygens (including phenoxy) is 1. The first-order chi connectivity index (χ1) is 11.7. The van der Waals surface area contributed by atoms with Crippen LogP contribution in [0.5, 0.6) is 11.6 Å². The molecule has 3 rings (SSSR count). The molecule has 1 amide bonds. The Balaban J connectivity index is 1.60. The van der Waals surface area contributed by atoms with Gasteiger partial charge in [-0.1, -0.05) is 6.42 Å². The van der Waals surface area contributed by atoms with Gasteiger partial charge in [-0.3, -0.25) is 4.79 Å². The summed E-state index contributed by atoms with van der Waals surface area (Å²) in [7, 11) is 0. The van der Waals surface area contributed by atoms with Crippen LogP contribution in [0, 0.1) is 17.7 Å². The summed E-state index contributed by atoms with van der Waals surface area (Å²) >= 11 is 0. The summed E-state index contributed by atoms with van der Waals surface area (Å²) in [6.45, 7) is 0.542. The second kappa shape index (κ2) is 7.40. The van der Waals surface area contributed by atoms with Crippen LogP contribution in [0.2, 0.25) is 0 Å². The first kappa shape index (κ1) is 16.4. The quantitative estimate of drug-likeness (QED) is 0.882. The number of hydrogen-bond donors (Lipinski definition) is 2. The number of pyridine rings is 1. The number of halogens is 1. The van der Waals surface area contributed by atoms with Crippen molar-refractivity contribution in [3.8, 4) is 11.6 Å². The van der Waals surface area contributed by atoms with Gasteiger partial charge in [0, 0.05) is 12.0 Å². The van der Waals surface area contributed by atoms with Gasteiger partial charge >= 0.3 is 0 Å². The van der Waals surface area contributed by atoms with Crippen molar-refractivity contribution in [2.75, 3.05) is 11.9 Å². The van der Waals surface area contributed by atoms with Crippen molar-refractivity contribution in [3.05, 3.63) is 48.4 Å². The van der Waals surface area contributed by atoms with Crippen molar-refractivity contribution in [2.24, 2.45) is 17.6 Å². The average molecular weight is 329 g/mol. The molecule has 1 aliphatic carbocycles. The van der Waals surface area contributed by atoms with E-state index in [1.54, 1.807) is 18.3 Å². The van der Waals surface area contributed by atoms with E-state index in [1.807, 2.05) is 0 Å². The maximum absolute atomic E-state index is 12.9. The molecule has 0 unspecified atom stereocenters. The SMILES string of the molecule is NC[C@H]1CCC[C@H]1C(=O)Nc1ccc(Oc2ccc(F)cc2)nc1. The molecule has 0 bridgehead atoms. The Hall–Kier alpha value is -2.47. The Morgan fingerprint density at radius 3 is 2.71 bits per heavy atom. The monoisotopic (exact) mass is 329 g/mol. The summed E-state index contributed by atoms with van der Waals surface area (Å²) in [5.74, 6) is 0.787. The molecular weight excluding hydrogens is 309 g/mol. The Labute approximate surface area is 140 Å².